The molecule has 2 aromatic carbocycles. The Kier molecular flexibility index (Phi) is 8.96. The minimum absolute atomic E-state index is 0.00173. The highest BCUT2D eigenvalue weighted by Gasteiger charge is 2.34. The largest absolute Gasteiger partial charge is 0.416 e. The van der Waals surface area contributed by atoms with Gasteiger partial charge in [-0.3, -0.25) is 14.5 Å². The lowest BCUT2D eigenvalue weighted by Gasteiger charge is -2.48. The Balaban J connectivity index is 1.37. The lowest BCUT2D eigenvalue weighted by molar-refractivity contribution is -0.137. The number of aryl methyl sites for hydroxylation is 1. The van der Waals surface area contributed by atoms with E-state index in [1.807, 2.05) is 4.90 Å². The first-order valence-corrected chi connectivity index (χ1v) is 13.3. The van der Waals surface area contributed by atoms with Crippen molar-refractivity contribution in [3.8, 4) is 0 Å². The predicted molar refractivity (Wildman–Crippen MR) is 141 cm³/mol. The second kappa shape index (κ2) is 12.0. The Hall–Kier alpha value is -2.98. The number of likely N-dealkylation sites (N-methyl/N-ethyl adjacent to an activating group) is 1. The zero-order valence-corrected chi connectivity index (χ0v) is 22.7. The van der Waals surface area contributed by atoms with Gasteiger partial charge in [-0.2, -0.15) is 13.2 Å². The van der Waals surface area contributed by atoms with Gasteiger partial charge in [0, 0.05) is 77.3 Å². The van der Waals surface area contributed by atoms with Gasteiger partial charge in [0.2, 0.25) is 5.91 Å². The van der Waals surface area contributed by atoms with Gasteiger partial charge in [-0.15, -0.1) is 0 Å². The third-order valence-electron chi connectivity index (χ3n) is 7.84. The summed E-state index contributed by atoms with van der Waals surface area (Å²) in [5.74, 6) is -0.824. The third kappa shape index (κ3) is 7.36. The molecule has 0 aromatic heterocycles. The highest BCUT2D eigenvalue weighted by Crippen LogP contribution is 2.31. The van der Waals surface area contributed by atoms with Crippen LogP contribution in [0.15, 0.2) is 42.5 Å². The summed E-state index contributed by atoms with van der Waals surface area (Å²) in [6.45, 7) is 9.33. The number of hydrogen-bond acceptors (Lipinski definition) is 4. The number of benzene rings is 2. The predicted octanol–water partition coefficient (Wildman–Crippen LogP) is 4.25. The number of halogens is 4. The van der Waals surface area contributed by atoms with E-state index in [1.165, 1.54) is 30.0 Å². The Morgan fingerprint density at radius 2 is 1.67 bits per heavy atom. The highest BCUT2D eigenvalue weighted by atomic mass is 19.4. The van der Waals surface area contributed by atoms with Crippen molar-refractivity contribution in [1.82, 2.24) is 19.6 Å². The Bertz CT molecular complexity index is 1160. The Morgan fingerprint density at radius 3 is 2.26 bits per heavy atom. The van der Waals surface area contributed by atoms with E-state index in [0.29, 0.717) is 18.2 Å². The van der Waals surface area contributed by atoms with Crippen LogP contribution >= 0.6 is 0 Å². The van der Waals surface area contributed by atoms with E-state index in [9.17, 15) is 27.2 Å². The lowest BCUT2D eigenvalue weighted by atomic mass is 9.93. The number of nitrogens with zero attached hydrogens (tertiary/aromatic N) is 4. The molecule has 4 rings (SSSR count). The van der Waals surface area contributed by atoms with Gasteiger partial charge in [-0.1, -0.05) is 12.1 Å². The van der Waals surface area contributed by atoms with Gasteiger partial charge in [-0.05, 0) is 61.3 Å². The van der Waals surface area contributed by atoms with Gasteiger partial charge in [0.15, 0.2) is 0 Å². The van der Waals surface area contributed by atoms with Crippen LogP contribution in [0, 0.1) is 12.7 Å². The second-order valence-corrected chi connectivity index (χ2v) is 10.8. The van der Waals surface area contributed by atoms with Crippen molar-refractivity contribution in [3.63, 3.8) is 0 Å². The smallest absolute Gasteiger partial charge is 0.341 e. The number of alkyl halides is 3. The molecular formula is C29H36F4N4O2. The standard InChI is InChI=1S/C29H36F4N4O2/c1-20-14-24(16-25(15-20)29(31,32)33)28(39)34(3)17-23(22-4-6-26(30)7-5-22)8-9-35-18-27(19-35)37-12-10-36(11-13-37)21(2)38/h4-7,14-16,23,27H,8-13,17-19H2,1-3H3/t23-/m1/s1. The minimum atomic E-state index is -4.54. The average molecular weight is 549 g/mol. The van der Waals surface area contributed by atoms with Crippen molar-refractivity contribution in [1.29, 1.82) is 0 Å². The summed E-state index contributed by atoms with van der Waals surface area (Å²) >= 11 is 0. The van der Waals surface area contributed by atoms with Crippen molar-refractivity contribution >= 4 is 11.8 Å². The average Bonchev–Trinajstić information content (AvgIpc) is 2.86. The number of rotatable bonds is 8. The first-order valence-electron chi connectivity index (χ1n) is 13.3. The fraction of sp³-hybridized carbons (Fsp3) is 0.517. The molecule has 0 spiro atoms. The minimum Gasteiger partial charge on any atom is -0.341 e. The van der Waals surface area contributed by atoms with E-state index in [-0.39, 0.29) is 23.2 Å². The molecule has 2 fully saturated rings. The highest BCUT2D eigenvalue weighted by molar-refractivity contribution is 5.94. The number of carbonyl (C=O) groups is 2. The molecule has 2 aromatic rings. The molecule has 0 bridgehead atoms. The molecule has 212 valence electrons. The Labute approximate surface area is 227 Å². The summed E-state index contributed by atoms with van der Waals surface area (Å²) in [6.07, 6.45) is -3.82. The topological polar surface area (TPSA) is 47.1 Å². The molecule has 2 heterocycles. The van der Waals surface area contributed by atoms with Crippen LogP contribution in [0.1, 0.15) is 46.3 Å². The van der Waals surface area contributed by atoms with Crippen LogP contribution in [0.4, 0.5) is 17.6 Å². The molecule has 0 saturated carbocycles. The van der Waals surface area contributed by atoms with Gasteiger partial charge in [0.1, 0.15) is 5.82 Å². The van der Waals surface area contributed by atoms with Gasteiger partial charge >= 0.3 is 6.18 Å². The van der Waals surface area contributed by atoms with E-state index in [2.05, 4.69) is 9.80 Å². The van der Waals surface area contributed by atoms with E-state index < -0.39 is 17.6 Å². The fourth-order valence-corrected chi connectivity index (χ4v) is 5.50. The number of likely N-dealkylation sites (tertiary alicyclic amines) is 1. The maximum Gasteiger partial charge on any atom is 0.416 e. The molecule has 39 heavy (non-hydrogen) atoms. The normalized spacial score (nSPS) is 18.1. The van der Waals surface area contributed by atoms with E-state index in [1.54, 1.807) is 26.1 Å². The summed E-state index contributed by atoms with van der Waals surface area (Å²) in [4.78, 5) is 32.8. The number of amides is 2. The maximum absolute atomic E-state index is 13.6. The van der Waals surface area contributed by atoms with Gasteiger partial charge in [-0.25, -0.2) is 4.39 Å². The summed E-state index contributed by atoms with van der Waals surface area (Å²) in [5, 5.41) is 0. The third-order valence-corrected chi connectivity index (χ3v) is 7.84. The molecular weight excluding hydrogens is 512 g/mol. The van der Waals surface area contributed by atoms with Crippen molar-refractivity contribution < 1.29 is 27.2 Å². The number of carbonyl (C=O) groups excluding carboxylic acids is 2. The molecule has 0 radical (unpaired) electrons. The van der Waals surface area contributed by atoms with Crippen LogP contribution in [-0.2, 0) is 11.0 Å². The van der Waals surface area contributed by atoms with Crippen molar-refractivity contribution in [2.24, 2.45) is 0 Å². The molecule has 2 aliphatic heterocycles. The lowest BCUT2D eigenvalue weighted by Crippen LogP contribution is -2.63. The molecule has 0 unspecified atom stereocenters. The van der Waals surface area contributed by atoms with E-state index in [0.717, 1.165) is 69.9 Å². The molecule has 1 atom stereocenters. The summed E-state index contributed by atoms with van der Waals surface area (Å²) in [5.41, 5.74) is 0.405. The molecule has 2 saturated heterocycles. The van der Waals surface area contributed by atoms with Crippen LogP contribution in [0.3, 0.4) is 0 Å². The molecule has 6 nitrogen and oxygen atoms in total. The number of hydrogen-bond donors (Lipinski definition) is 0. The van der Waals surface area contributed by atoms with Crippen LogP contribution in [0.2, 0.25) is 0 Å². The maximum atomic E-state index is 13.6. The quantitative estimate of drug-likeness (QED) is 0.463. The van der Waals surface area contributed by atoms with Gasteiger partial charge < -0.3 is 14.7 Å². The van der Waals surface area contributed by atoms with Crippen molar-refractivity contribution in [2.75, 3.05) is 59.4 Å². The summed E-state index contributed by atoms with van der Waals surface area (Å²) in [7, 11) is 1.59. The molecule has 2 aliphatic rings. The SMILES string of the molecule is CC(=O)N1CCN(C2CN(CC[C@H](CN(C)C(=O)c3cc(C)cc(C(F)(F)F)c3)c3ccc(F)cc3)C2)CC1. The molecule has 0 N–H and O–H groups in total. The summed E-state index contributed by atoms with van der Waals surface area (Å²) in [6, 6.07) is 10.0. The zero-order chi connectivity index (χ0) is 28.3. The van der Waals surface area contributed by atoms with Crippen LogP contribution in [-0.4, -0.2) is 96.9 Å². The number of piperazine rings is 1. The van der Waals surface area contributed by atoms with Crippen LogP contribution < -0.4 is 0 Å². The van der Waals surface area contributed by atoms with Crippen molar-refractivity contribution in [2.45, 2.75) is 38.4 Å². The van der Waals surface area contributed by atoms with E-state index >= 15 is 0 Å². The van der Waals surface area contributed by atoms with Crippen LogP contribution in [0.25, 0.3) is 0 Å². The first-order chi connectivity index (χ1) is 18.4. The van der Waals surface area contributed by atoms with Crippen LogP contribution in [0.5, 0.6) is 0 Å². The second-order valence-electron chi connectivity index (χ2n) is 10.8. The van der Waals surface area contributed by atoms with Gasteiger partial charge in [0.25, 0.3) is 5.91 Å². The summed E-state index contributed by atoms with van der Waals surface area (Å²) < 4.78 is 53.5. The Morgan fingerprint density at radius 1 is 1.03 bits per heavy atom. The fourth-order valence-electron chi connectivity index (χ4n) is 5.50. The molecule has 0 aliphatic carbocycles. The van der Waals surface area contributed by atoms with Crippen molar-refractivity contribution in [3.05, 3.63) is 70.5 Å². The van der Waals surface area contributed by atoms with E-state index in [4.69, 9.17) is 0 Å². The monoisotopic (exact) mass is 548 g/mol. The molecule has 10 heteroatoms. The zero-order valence-electron chi connectivity index (χ0n) is 22.7. The molecule has 2 amide bonds. The first kappa shape index (κ1) is 29.0. The van der Waals surface area contributed by atoms with Gasteiger partial charge in [0.05, 0.1) is 5.56 Å².